The van der Waals surface area contributed by atoms with Gasteiger partial charge in [-0.15, -0.1) is 0 Å². The van der Waals surface area contributed by atoms with Gasteiger partial charge in [0.05, 0.1) is 10.7 Å². The van der Waals surface area contributed by atoms with Crippen molar-refractivity contribution in [2.45, 2.75) is 37.7 Å². The van der Waals surface area contributed by atoms with Crippen molar-refractivity contribution in [3.05, 3.63) is 69.4 Å². The Labute approximate surface area is 206 Å². The lowest BCUT2D eigenvalue weighted by atomic mass is 9.69. The maximum Gasteiger partial charge on any atom is 0.400 e. The van der Waals surface area contributed by atoms with Gasteiger partial charge in [-0.2, -0.15) is 18.3 Å². The molecule has 4 nitrogen and oxygen atoms in total. The number of benzene rings is 2. The summed E-state index contributed by atoms with van der Waals surface area (Å²) in [4.78, 5) is 4.87. The molecule has 0 radical (unpaired) electrons. The SMILES string of the molecule is Cc1c(C2NN=C(C3(C(F)(F)F)CCC3)S2)nc(-c2ccccc2Cl)n1-c1ccc(Br)cc1. The number of halogens is 5. The predicted molar refractivity (Wildman–Crippen MR) is 130 cm³/mol. The molecule has 2 heterocycles. The molecule has 1 N–H and O–H groups in total. The average Bonchev–Trinajstić information content (AvgIpc) is 3.32. The zero-order valence-electron chi connectivity index (χ0n) is 17.5. The Bertz CT molecular complexity index is 1240. The Morgan fingerprint density at radius 2 is 1.85 bits per heavy atom. The van der Waals surface area contributed by atoms with E-state index in [9.17, 15) is 13.2 Å². The van der Waals surface area contributed by atoms with Crippen LogP contribution in [-0.2, 0) is 0 Å². The van der Waals surface area contributed by atoms with Crippen LogP contribution in [0.15, 0.2) is 58.1 Å². The largest absolute Gasteiger partial charge is 0.400 e. The van der Waals surface area contributed by atoms with E-state index in [1.54, 1.807) is 6.07 Å². The lowest BCUT2D eigenvalue weighted by Gasteiger charge is -2.42. The number of rotatable bonds is 4. The molecule has 0 amide bonds. The summed E-state index contributed by atoms with van der Waals surface area (Å²) in [5, 5.41) is 4.26. The van der Waals surface area contributed by atoms with Crippen LogP contribution in [0.5, 0.6) is 0 Å². The molecular formula is C23H19BrClF3N4S. The van der Waals surface area contributed by atoms with Gasteiger partial charge in [0.1, 0.15) is 21.7 Å². The first-order valence-electron chi connectivity index (χ1n) is 10.4. The van der Waals surface area contributed by atoms with Crippen LogP contribution >= 0.6 is 39.3 Å². The van der Waals surface area contributed by atoms with E-state index in [1.807, 2.05) is 54.0 Å². The first kappa shape index (κ1) is 22.8. The highest BCUT2D eigenvalue weighted by atomic mass is 79.9. The number of nitrogens with one attached hydrogen (secondary N) is 1. The van der Waals surface area contributed by atoms with Crippen molar-refractivity contribution in [3.63, 3.8) is 0 Å². The van der Waals surface area contributed by atoms with Gasteiger partial charge in [0.15, 0.2) is 0 Å². The molecule has 2 aliphatic rings. The number of thioether (sulfide) groups is 1. The zero-order chi connectivity index (χ0) is 23.4. The fourth-order valence-electron chi connectivity index (χ4n) is 4.26. The molecule has 10 heteroatoms. The zero-order valence-corrected chi connectivity index (χ0v) is 20.6. The second-order valence-electron chi connectivity index (χ2n) is 8.18. The van der Waals surface area contributed by atoms with E-state index in [2.05, 4.69) is 26.5 Å². The molecule has 0 bridgehead atoms. The summed E-state index contributed by atoms with van der Waals surface area (Å²) in [6.45, 7) is 1.91. The first-order valence-corrected chi connectivity index (χ1v) is 12.4. The Morgan fingerprint density at radius 3 is 2.45 bits per heavy atom. The number of hydrogen-bond acceptors (Lipinski definition) is 4. The van der Waals surface area contributed by atoms with Crippen LogP contribution in [0.4, 0.5) is 13.2 Å². The Kier molecular flexibility index (Phi) is 5.77. The Balaban J connectivity index is 1.57. The van der Waals surface area contributed by atoms with E-state index in [1.165, 1.54) is 0 Å². The molecule has 2 aromatic carbocycles. The summed E-state index contributed by atoms with van der Waals surface area (Å²) in [5.41, 5.74) is 4.13. The van der Waals surface area contributed by atoms with Crippen molar-refractivity contribution in [1.82, 2.24) is 15.0 Å². The van der Waals surface area contributed by atoms with E-state index in [0.29, 0.717) is 23.0 Å². The summed E-state index contributed by atoms with van der Waals surface area (Å²) >= 11 is 11.1. The minimum absolute atomic E-state index is 0.0773. The molecule has 1 aromatic heterocycles. The van der Waals surface area contributed by atoms with Crippen LogP contribution in [0.3, 0.4) is 0 Å². The average molecular weight is 556 g/mol. The molecule has 1 saturated carbocycles. The maximum absolute atomic E-state index is 13.8. The lowest BCUT2D eigenvalue weighted by molar-refractivity contribution is -0.219. The van der Waals surface area contributed by atoms with Gasteiger partial charge >= 0.3 is 6.18 Å². The van der Waals surface area contributed by atoms with Crippen molar-refractivity contribution in [1.29, 1.82) is 0 Å². The molecule has 1 aliphatic heterocycles. The summed E-state index contributed by atoms with van der Waals surface area (Å²) in [5.74, 6) is 0.625. The fourth-order valence-corrected chi connectivity index (χ4v) is 6.06. The molecule has 172 valence electrons. The van der Waals surface area contributed by atoms with Crippen LogP contribution in [-0.4, -0.2) is 20.8 Å². The highest BCUT2D eigenvalue weighted by Gasteiger charge is 2.63. The molecule has 0 saturated heterocycles. The van der Waals surface area contributed by atoms with Gasteiger partial charge in [0.25, 0.3) is 0 Å². The van der Waals surface area contributed by atoms with E-state index >= 15 is 0 Å². The van der Waals surface area contributed by atoms with Gasteiger partial charge in [0.2, 0.25) is 0 Å². The minimum Gasteiger partial charge on any atom is -0.297 e. The second kappa shape index (κ2) is 8.36. The number of nitrogens with zero attached hydrogens (tertiary/aromatic N) is 3. The maximum atomic E-state index is 13.8. The van der Waals surface area contributed by atoms with Crippen LogP contribution in [0.25, 0.3) is 17.1 Å². The van der Waals surface area contributed by atoms with Crippen LogP contribution in [0.1, 0.15) is 36.0 Å². The van der Waals surface area contributed by atoms with Crippen LogP contribution in [0.2, 0.25) is 5.02 Å². The number of imidazole rings is 1. The third-order valence-electron chi connectivity index (χ3n) is 6.26. The number of hydrazone groups is 1. The van der Waals surface area contributed by atoms with Crippen molar-refractivity contribution >= 4 is 44.3 Å². The molecule has 0 spiro atoms. The van der Waals surface area contributed by atoms with Crippen molar-refractivity contribution < 1.29 is 13.2 Å². The molecule has 1 fully saturated rings. The van der Waals surface area contributed by atoms with Crippen molar-refractivity contribution in [3.8, 4) is 17.1 Å². The van der Waals surface area contributed by atoms with Crippen LogP contribution in [0, 0.1) is 12.3 Å². The molecule has 5 rings (SSSR count). The molecule has 1 aliphatic carbocycles. The van der Waals surface area contributed by atoms with Gasteiger partial charge in [-0.1, -0.05) is 57.8 Å². The highest BCUT2D eigenvalue weighted by molar-refractivity contribution is 9.10. The number of aromatic nitrogens is 2. The predicted octanol–water partition coefficient (Wildman–Crippen LogP) is 7.64. The number of alkyl halides is 3. The van der Waals surface area contributed by atoms with Gasteiger partial charge in [-0.25, -0.2) is 4.98 Å². The molecule has 1 atom stereocenters. The van der Waals surface area contributed by atoms with Gasteiger partial charge < -0.3 is 0 Å². The van der Waals surface area contributed by atoms with Crippen LogP contribution < -0.4 is 5.43 Å². The minimum atomic E-state index is -4.32. The summed E-state index contributed by atoms with van der Waals surface area (Å²) < 4.78 is 44.4. The number of hydrogen-bond donors (Lipinski definition) is 1. The van der Waals surface area contributed by atoms with Gasteiger partial charge in [-0.3, -0.25) is 9.99 Å². The normalized spacial score (nSPS) is 19.7. The smallest absolute Gasteiger partial charge is 0.297 e. The highest BCUT2D eigenvalue weighted by Crippen LogP contribution is 2.58. The third-order valence-corrected chi connectivity index (χ3v) is 8.39. The Morgan fingerprint density at radius 1 is 1.15 bits per heavy atom. The third kappa shape index (κ3) is 3.78. The van der Waals surface area contributed by atoms with E-state index in [4.69, 9.17) is 16.6 Å². The molecular weight excluding hydrogens is 537 g/mol. The monoisotopic (exact) mass is 554 g/mol. The second-order valence-corrected chi connectivity index (χ2v) is 10.6. The van der Waals surface area contributed by atoms with Crippen molar-refractivity contribution in [2.75, 3.05) is 0 Å². The lowest BCUT2D eigenvalue weighted by Crippen LogP contribution is -2.48. The van der Waals surface area contributed by atoms with E-state index < -0.39 is 17.0 Å². The fraction of sp³-hybridized carbons (Fsp3) is 0.304. The van der Waals surface area contributed by atoms with Gasteiger partial charge in [0, 0.05) is 21.4 Å². The summed E-state index contributed by atoms with van der Waals surface area (Å²) in [7, 11) is 0. The van der Waals surface area contributed by atoms with E-state index in [-0.39, 0.29) is 17.9 Å². The Hall–Kier alpha value is -1.97. The topological polar surface area (TPSA) is 42.2 Å². The quantitative estimate of drug-likeness (QED) is 0.360. The first-order chi connectivity index (χ1) is 15.7. The molecule has 3 aromatic rings. The van der Waals surface area contributed by atoms with E-state index in [0.717, 1.165) is 33.2 Å². The summed E-state index contributed by atoms with van der Waals surface area (Å²) in [6, 6.07) is 15.2. The van der Waals surface area contributed by atoms with Crippen molar-refractivity contribution in [2.24, 2.45) is 10.5 Å². The molecule has 1 unspecified atom stereocenters. The summed E-state index contributed by atoms with van der Waals surface area (Å²) in [6.07, 6.45) is -3.61. The van der Waals surface area contributed by atoms with Gasteiger partial charge in [-0.05, 0) is 56.2 Å². The molecule has 33 heavy (non-hydrogen) atoms. The standard InChI is InChI=1S/C23H19BrClF3N4S/c1-13-18(20-30-31-21(33-20)22(11-4-12-22)23(26,27)28)29-19(16-5-2-3-6-17(16)25)32(13)15-9-7-14(24)8-10-15/h2-3,5-10,20,30H,4,11-12H2,1H3.